The Kier molecular flexibility index (Phi) is 5.58. The van der Waals surface area contributed by atoms with E-state index in [2.05, 4.69) is 0 Å². The first-order valence-corrected chi connectivity index (χ1v) is 8.08. The van der Waals surface area contributed by atoms with Crippen molar-refractivity contribution in [3.63, 3.8) is 0 Å². The van der Waals surface area contributed by atoms with Gasteiger partial charge in [0.25, 0.3) is 0 Å². The number of fused-ring (bicyclic) bond motifs is 1. The van der Waals surface area contributed by atoms with Gasteiger partial charge in [-0.3, -0.25) is 4.79 Å². The van der Waals surface area contributed by atoms with Crippen molar-refractivity contribution in [2.75, 3.05) is 0 Å². The van der Waals surface area contributed by atoms with E-state index in [1.807, 2.05) is 17.5 Å². The summed E-state index contributed by atoms with van der Waals surface area (Å²) in [6.07, 6.45) is 0. The number of hydrogen-bond donors (Lipinski definition) is 0. The molecular formula is C16H11NaO3S2. The molecule has 0 saturated heterocycles. The molecular weight excluding hydrogens is 327 g/mol. The van der Waals surface area contributed by atoms with Crippen LogP contribution in [0.15, 0.2) is 41.8 Å². The van der Waals surface area contributed by atoms with Gasteiger partial charge in [0, 0.05) is 22.8 Å². The van der Waals surface area contributed by atoms with Crippen molar-refractivity contribution in [1.82, 2.24) is 0 Å². The van der Waals surface area contributed by atoms with Crippen molar-refractivity contribution in [1.29, 1.82) is 0 Å². The summed E-state index contributed by atoms with van der Waals surface area (Å²) in [6, 6.07) is 10.6. The van der Waals surface area contributed by atoms with Gasteiger partial charge in [-0.15, -0.1) is 22.7 Å². The van der Waals surface area contributed by atoms with Crippen molar-refractivity contribution < 1.29 is 44.3 Å². The largest absolute Gasteiger partial charge is 1.00 e. The minimum absolute atomic E-state index is 0. The van der Waals surface area contributed by atoms with E-state index in [9.17, 15) is 14.7 Å². The monoisotopic (exact) mass is 338 g/mol. The maximum Gasteiger partial charge on any atom is 1.00 e. The Morgan fingerprint density at radius 1 is 1.18 bits per heavy atom. The van der Waals surface area contributed by atoms with Gasteiger partial charge in [-0.2, -0.15) is 0 Å². The molecule has 6 heteroatoms. The first-order chi connectivity index (χ1) is 10.1. The van der Waals surface area contributed by atoms with E-state index in [1.54, 1.807) is 42.5 Å². The summed E-state index contributed by atoms with van der Waals surface area (Å²) in [7, 11) is 0. The van der Waals surface area contributed by atoms with Crippen molar-refractivity contribution in [2.45, 2.75) is 12.8 Å². The molecule has 0 aliphatic rings. The van der Waals surface area contributed by atoms with Crippen LogP contribution in [0.4, 0.5) is 0 Å². The minimum atomic E-state index is -1.14. The molecule has 2 aromatic heterocycles. The molecule has 3 rings (SSSR count). The quantitative estimate of drug-likeness (QED) is 0.499. The number of thiophene rings is 2. The van der Waals surface area contributed by atoms with Crippen LogP contribution < -0.4 is 34.7 Å². The molecule has 0 amide bonds. The second-order valence-electron chi connectivity index (χ2n) is 4.77. The molecule has 0 fully saturated rings. The summed E-state index contributed by atoms with van der Waals surface area (Å²) in [5.74, 6) is -1.95. The molecule has 1 atom stereocenters. The van der Waals surface area contributed by atoms with Crippen LogP contribution in [0.5, 0.6) is 0 Å². The maximum atomic E-state index is 12.5. The molecule has 3 nitrogen and oxygen atoms in total. The Labute approximate surface area is 157 Å². The summed E-state index contributed by atoms with van der Waals surface area (Å²) in [4.78, 5) is 24.1. The van der Waals surface area contributed by atoms with Crippen molar-refractivity contribution >= 4 is 43.8 Å². The van der Waals surface area contributed by atoms with Gasteiger partial charge in [-0.05, 0) is 29.1 Å². The zero-order chi connectivity index (χ0) is 15.0. The van der Waals surface area contributed by atoms with E-state index >= 15 is 0 Å². The van der Waals surface area contributed by atoms with E-state index < -0.39 is 11.9 Å². The number of aliphatic carboxylic acids is 1. The molecule has 1 unspecified atom stereocenters. The van der Waals surface area contributed by atoms with E-state index in [0.717, 1.165) is 9.40 Å². The van der Waals surface area contributed by atoms with Crippen molar-refractivity contribution in [3.8, 4) is 0 Å². The number of benzene rings is 1. The van der Waals surface area contributed by atoms with Crippen LogP contribution in [-0.4, -0.2) is 11.8 Å². The van der Waals surface area contributed by atoms with E-state index in [4.69, 9.17) is 0 Å². The molecule has 0 N–H and O–H groups in total. The molecule has 0 spiro atoms. The smallest absolute Gasteiger partial charge is 0.550 e. The number of hydrogen-bond acceptors (Lipinski definition) is 5. The van der Waals surface area contributed by atoms with E-state index in [0.29, 0.717) is 16.0 Å². The maximum absolute atomic E-state index is 12.5. The first kappa shape index (κ1) is 17.4. The van der Waals surface area contributed by atoms with Crippen LogP contribution in [0.2, 0.25) is 0 Å². The number of carboxylic acid groups (broad SMARTS) is 1. The van der Waals surface area contributed by atoms with Gasteiger partial charge >= 0.3 is 29.6 Å². The SMILES string of the molecule is CC(C(=O)[O-])c1cccc(C(=O)c2cc3ccsc3s2)c1.[Na+]. The van der Waals surface area contributed by atoms with Gasteiger partial charge < -0.3 is 9.90 Å². The summed E-state index contributed by atoms with van der Waals surface area (Å²) >= 11 is 3.08. The zero-order valence-electron chi connectivity index (χ0n) is 12.2. The van der Waals surface area contributed by atoms with Gasteiger partial charge in [0.2, 0.25) is 5.78 Å². The predicted octanol–water partition coefficient (Wildman–Crippen LogP) is 0.0512. The molecule has 22 heavy (non-hydrogen) atoms. The van der Waals surface area contributed by atoms with E-state index in [-0.39, 0.29) is 35.3 Å². The number of carbonyl (C=O) groups excluding carboxylic acids is 2. The Morgan fingerprint density at radius 3 is 2.64 bits per heavy atom. The van der Waals surface area contributed by atoms with Crippen LogP contribution >= 0.6 is 22.7 Å². The minimum Gasteiger partial charge on any atom is -0.550 e. The molecule has 0 aliphatic heterocycles. The number of rotatable bonds is 4. The standard InChI is InChI=1S/C16H12O3S2.Na/c1-9(15(18)19)10-3-2-4-11(7-10)14(17)13-8-12-5-6-20-16(12)21-13;/h2-9H,1H3,(H,18,19);/q;+1/p-1. The molecule has 3 aromatic rings. The first-order valence-electron chi connectivity index (χ1n) is 6.39. The molecule has 0 aliphatic carbocycles. The molecule has 0 bridgehead atoms. The number of ketones is 1. The molecule has 2 heterocycles. The zero-order valence-corrected chi connectivity index (χ0v) is 15.8. The van der Waals surface area contributed by atoms with Gasteiger partial charge in [0.05, 0.1) is 8.89 Å². The Morgan fingerprint density at radius 2 is 1.95 bits per heavy atom. The fourth-order valence-electron chi connectivity index (χ4n) is 2.11. The average Bonchev–Trinajstić information content (AvgIpc) is 3.07. The fraction of sp³-hybridized carbons (Fsp3) is 0.125. The van der Waals surface area contributed by atoms with Crippen LogP contribution in [-0.2, 0) is 4.79 Å². The molecule has 106 valence electrons. The summed E-state index contributed by atoms with van der Waals surface area (Å²) < 4.78 is 1.12. The average molecular weight is 338 g/mol. The molecule has 0 radical (unpaired) electrons. The second-order valence-corrected chi connectivity index (χ2v) is 7.00. The molecule has 0 saturated carbocycles. The Hall–Kier alpha value is -0.980. The van der Waals surface area contributed by atoms with Gasteiger partial charge in [0.15, 0.2) is 0 Å². The Balaban J connectivity index is 0.00000176. The van der Waals surface area contributed by atoms with Crippen LogP contribution in [0.25, 0.3) is 9.40 Å². The number of carboxylic acids is 1. The summed E-state index contributed by atoms with van der Waals surface area (Å²) in [6.45, 7) is 1.56. The van der Waals surface area contributed by atoms with Crippen LogP contribution in [0.1, 0.15) is 33.6 Å². The summed E-state index contributed by atoms with van der Waals surface area (Å²) in [5, 5.41) is 14.0. The predicted molar refractivity (Wildman–Crippen MR) is 83.0 cm³/mol. The summed E-state index contributed by atoms with van der Waals surface area (Å²) in [5.41, 5.74) is 1.09. The van der Waals surface area contributed by atoms with Crippen molar-refractivity contribution in [3.05, 3.63) is 57.8 Å². The third kappa shape index (κ3) is 3.34. The Bertz CT molecular complexity index is 806. The second kappa shape index (κ2) is 7.06. The van der Waals surface area contributed by atoms with Crippen LogP contribution in [0.3, 0.4) is 0 Å². The topological polar surface area (TPSA) is 57.2 Å². The van der Waals surface area contributed by atoms with Crippen LogP contribution in [0, 0.1) is 0 Å². The number of carbonyl (C=O) groups is 2. The van der Waals surface area contributed by atoms with E-state index in [1.165, 1.54) is 11.3 Å². The van der Waals surface area contributed by atoms with Gasteiger partial charge in [-0.25, -0.2) is 0 Å². The van der Waals surface area contributed by atoms with Gasteiger partial charge in [-0.1, -0.05) is 25.1 Å². The third-order valence-corrected chi connectivity index (χ3v) is 5.58. The fourth-order valence-corrected chi connectivity index (χ4v) is 4.18. The normalized spacial score (nSPS) is 11.9. The molecule has 1 aromatic carbocycles. The third-order valence-electron chi connectivity index (χ3n) is 3.37. The van der Waals surface area contributed by atoms with Crippen molar-refractivity contribution in [2.24, 2.45) is 0 Å². The van der Waals surface area contributed by atoms with Gasteiger partial charge in [0.1, 0.15) is 0 Å².